The monoisotopic (exact) mass is 297 g/mol. The van der Waals surface area contributed by atoms with Gasteiger partial charge in [-0.3, -0.25) is 9.59 Å². The van der Waals surface area contributed by atoms with Crippen molar-refractivity contribution in [3.05, 3.63) is 0 Å². The summed E-state index contributed by atoms with van der Waals surface area (Å²) in [7, 11) is 0. The average molecular weight is 297 g/mol. The number of hydrogen-bond donors (Lipinski definition) is 1. The maximum absolute atomic E-state index is 12.6. The van der Waals surface area contributed by atoms with E-state index >= 15 is 0 Å². The first-order valence-corrected chi connectivity index (χ1v) is 8.09. The van der Waals surface area contributed by atoms with Crippen LogP contribution in [-0.2, 0) is 9.59 Å². The van der Waals surface area contributed by atoms with Crippen LogP contribution >= 0.6 is 0 Å². The Hall–Kier alpha value is -1.10. The van der Waals surface area contributed by atoms with E-state index < -0.39 is 6.04 Å². The number of carbonyl (C=O) groups is 2. The molecule has 0 spiro atoms. The third-order valence-electron chi connectivity index (χ3n) is 4.35. The minimum Gasteiger partial charge on any atom is -0.338 e. The van der Waals surface area contributed by atoms with Gasteiger partial charge >= 0.3 is 0 Å². The second-order valence-corrected chi connectivity index (χ2v) is 6.72. The quantitative estimate of drug-likeness (QED) is 0.838. The average Bonchev–Trinajstić information content (AvgIpc) is 2.42. The summed E-state index contributed by atoms with van der Waals surface area (Å²) < 4.78 is 0. The van der Waals surface area contributed by atoms with Crippen molar-refractivity contribution >= 4 is 11.8 Å². The second-order valence-electron chi connectivity index (χ2n) is 6.72. The first-order valence-electron chi connectivity index (χ1n) is 8.09. The van der Waals surface area contributed by atoms with Gasteiger partial charge in [-0.1, -0.05) is 13.8 Å². The number of carbonyl (C=O) groups excluding carboxylic acids is 2. The SMILES string of the molecule is CC(=O)N(C[C@@H]1CCCCN1C(=O)[C@@H](N)C(C)C)C(C)C. The molecule has 1 heterocycles. The zero-order chi connectivity index (χ0) is 16.2. The summed E-state index contributed by atoms with van der Waals surface area (Å²) >= 11 is 0. The van der Waals surface area contributed by atoms with Crippen LogP contribution in [0.15, 0.2) is 0 Å². The van der Waals surface area contributed by atoms with Gasteiger partial charge in [0.2, 0.25) is 11.8 Å². The fraction of sp³-hybridized carbons (Fsp3) is 0.875. The van der Waals surface area contributed by atoms with Crippen LogP contribution in [0.4, 0.5) is 0 Å². The van der Waals surface area contributed by atoms with Gasteiger partial charge in [0.25, 0.3) is 0 Å². The highest BCUT2D eigenvalue weighted by molar-refractivity contribution is 5.82. The third kappa shape index (κ3) is 4.70. The van der Waals surface area contributed by atoms with E-state index in [0.717, 1.165) is 25.8 Å². The van der Waals surface area contributed by atoms with Crippen LogP contribution in [0.25, 0.3) is 0 Å². The van der Waals surface area contributed by atoms with Crippen molar-refractivity contribution in [2.45, 2.75) is 72.0 Å². The minimum atomic E-state index is -0.449. The van der Waals surface area contributed by atoms with Crippen molar-refractivity contribution in [3.8, 4) is 0 Å². The van der Waals surface area contributed by atoms with Crippen LogP contribution in [0.2, 0.25) is 0 Å². The molecule has 1 saturated heterocycles. The van der Waals surface area contributed by atoms with E-state index in [1.807, 2.05) is 37.5 Å². The fourth-order valence-electron chi connectivity index (χ4n) is 2.89. The molecule has 2 atom stereocenters. The highest BCUT2D eigenvalue weighted by Gasteiger charge is 2.32. The summed E-state index contributed by atoms with van der Waals surface area (Å²) in [4.78, 5) is 28.1. The van der Waals surface area contributed by atoms with E-state index in [0.29, 0.717) is 6.54 Å². The van der Waals surface area contributed by atoms with E-state index in [4.69, 9.17) is 5.73 Å². The lowest BCUT2D eigenvalue weighted by Crippen LogP contribution is -2.56. The van der Waals surface area contributed by atoms with Gasteiger partial charge in [-0.2, -0.15) is 0 Å². The zero-order valence-electron chi connectivity index (χ0n) is 14.1. The molecule has 0 radical (unpaired) electrons. The Morgan fingerprint density at radius 3 is 2.33 bits per heavy atom. The molecule has 0 saturated carbocycles. The van der Waals surface area contributed by atoms with Crippen molar-refractivity contribution in [1.29, 1.82) is 0 Å². The molecule has 2 amide bonds. The summed E-state index contributed by atoms with van der Waals surface area (Å²) in [5.74, 6) is 0.229. The fourth-order valence-corrected chi connectivity index (χ4v) is 2.89. The molecule has 21 heavy (non-hydrogen) atoms. The Morgan fingerprint density at radius 1 is 1.24 bits per heavy atom. The molecule has 1 rings (SSSR count). The maximum Gasteiger partial charge on any atom is 0.240 e. The molecular formula is C16H31N3O2. The Labute approximate surface area is 128 Å². The van der Waals surface area contributed by atoms with Crippen LogP contribution in [0.5, 0.6) is 0 Å². The number of likely N-dealkylation sites (tertiary alicyclic amines) is 1. The zero-order valence-corrected chi connectivity index (χ0v) is 14.1. The molecule has 1 aliphatic rings. The number of rotatable bonds is 5. The van der Waals surface area contributed by atoms with Gasteiger partial charge < -0.3 is 15.5 Å². The summed E-state index contributed by atoms with van der Waals surface area (Å²) in [6.07, 6.45) is 3.08. The number of piperidine rings is 1. The van der Waals surface area contributed by atoms with E-state index in [1.165, 1.54) is 0 Å². The van der Waals surface area contributed by atoms with Gasteiger partial charge in [0.05, 0.1) is 6.04 Å². The number of hydrogen-bond acceptors (Lipinski definition) is 3. The summed E-state index contributed by atoms with van der Waals surface area (Å²) in [5.41, 5.74) is 6.03. The van der Waals surface area contributed by atoms with Gasteiger partial charge in [-0.15, -0.1) is 0 Å². The highest BCUT2D eigenvalue weighted by Crippen LogP contribution is 2.21. The van der Waals surface area contributed by atoms with Crippen LogP contribution in [-0.4, -0.2) is 52.8 Å². The first kappa shape index (κ1) is 18.0. The molecule has 5 nitrogen and oxygen atoms in total. The number of nitrogens with zero attached hydrogens (tertiary/aromatic N) is 2. The third-order valence-corrected chi connectivity index (χ3v) is 4.35. The Morgan fingerprint density at radius 2 is 1.86 bits per heavy atom. The predicted octanol–water partition coefficient (Wildman–Crippen LogP) is 1.61. The maximum atomic E-state index is 12.6. The van der Waals surface area contributed by atoms with Gasteiger partial charge in [0.15, 0.2) is 0 Å². The summed E-state index contributed by atoms with van der Waals surface area (Å²) in [5, 5.41) is 0. The van der Waals surface area contributed by atoms with Crippen molar-refractivity contribution in [3.63, 3.8) is 0 Å². The van der Waals surface area contributed by atoms with Crippen molar-refractivity contribution in [2.24, 2.45) is 11.7 Å². The normalized spacial score (nSPS) is 20.8. The van der Waals surface area contributed by atoms with Crippen LogP contribution in [0, 0.1) is 5.92 Å². The highest BCUT2D eigenvalue weighted by atomic mass is 16.2. The standard InChI is InChI=1S/C16H31N3O2/c1-11(2)15(17)16(21)18-9-7-6-8-14(18)10-19(12(3)4)13(5)20/h11-12,14-15H,6-10,17H2,1-5H3/t14-,15-/m0/s1. The number of nitrogens with two attached hydrogens (primary N) is 1. The summed E-state index contributed by atoms with van der Waals surface area (Å²) in [6.45, 7) is 10.9. The molecule has 5 heteroatoms. The van der Waals surface area contributed by atoms with E-state index in [9.17, 15) is 9.59 Å². The molecule has 0 bridgehead atoms. The van der Waals surface area contributed by atoms with Crippen LogP contribution in [0.3, 0.4) is 0 Å². The molecule has 0 aromatic carbocycles. The van der Waals surface area contributed by atoms with E-state index in [1.54, 1.807) is 6.92 Å². The van der Waals surface area contributed by atoms with Crippen LogP contribution in [0.1, 0.15) is 53.9 Å². The Bertz CT molecular complexity index is 369. The Kier molecular flexibility index (Phi) is 6.65. The lowest BCUT2D eigenvalue weighted by atomic mass is 9.97. The molecule has 1 aliphatic heterocycles. The van der Waals surface area contributed by atoms with Crippen molar-refractivity contribution < 1.29 is 9.59 Å². The van der Waals surface area contributed by atoms with Gasteiger partial charge in [0, 0.05) is 32.1 Å². The molecule has 0 aromatic heterocycles. The molecule has 2 N–H and O–H groups in total. The van der Waals surface area contributed by atoms with Gasteiger partial charge in [-0.25, -0.2) is 0 Å². The smallest absolute Gasteiger partial charge is 0.240 e. The molecule has 122 valence electrons. The lowest BCUT2D eigenvalue weighted by Gasteiger charge is -2.41. The topological polar surface area (TPSA) is 66.6 Å². The predicted molar refractivity (Wildman–Crippen MR) is 84.7 cm³/mol. The summed E-state index contributed by atoms with van der Waals surface area (Å²) in [6, 6.07) is -0.196. The Balaban J connectivity index is 2.82. The molecular weight excluding hydrogens is 266 g/mol. The van der Waals surface area contributed by atoms with E-state index in [-0.39, 0.29) is 29.8 Å². The first-order chi connectivity index (χ1) is 9.75. The molecule has 0 aromatic rings. The second kappa shape index (κ2) is 7.78. The van der Waals surface area contributed by atoms with Gasteiger partial charge in [-0.05, 0) is 39.0 Å². The van der Waals surface area contributed by atoms with E-state index in [2.05, 4.69) is 0 Å². The van der Waals surface area contributed by atoms with Crippen LogP contribution < -0.4 is 5.73 Å². The largest absolute Gasteiger partial charge is 0.338 e. The lowest BCUT2D eigenvalue weighted by molar-refractivity contribution is -0.141. The molecule has 1 fully saturated rings. The van der Waals surface area contributed by atoms with Gasteiger partial charge in [0.1, 0.15) is 0 Å². The minimum absolute atomic E-state index is 0.0296. The molecule has 0 unspecified atom stereocenters. The number of amides is 2. The van der Waals surface area contributed by atoms with Crippen molar-refractivity contribution in [2.75, 3.05) is 13.1 Å². The van der Waals surface area contributed by atoms with Crippen molar-refractivity contribution in [1.82, 2.24) is 9.80 Å². The molecule has 0 aliphatic carbocycles.